The van der Waals surface area contributed by atoms with Crippen LogP contribution in [0.5, 0.6) is 0 Å². The summed E-state index contributed by atoms with van der Waals surface area (Å²) < 4.78 is 16.7. The smallest absolute Gasteiger partial charge is 0.287 e. The fourth-order valence-corrected chi connectivity index (χ4v) is 2.62. The van der Waals surface area contributed by atoms with Crippen molar-refractivity contribution in [1.82, 2.24) is 10.5 Å². The predicted molar refractivity (Wildman–Crippen MR) is 89.3 cm³/mol. The highest BCUT2D eigenvalue weighted by molar-refractivity contribution is 9.10. The molecule has 1 amide bonds. The van der Waals surface area contributed by atoms with E-state index in [1.807, 2.05) is 30.3 Å². The summed E-state index contributed by atoms with van der Waals surface area (Å²) in [5.74, 6) is 1.00. The molecule has 1 N–H and O–H groups in total. The summed E-state index contributed by atoms with van der Waals surface area (Å²) in [5.41, 5.74) is 1.37. The second kappa shape index (κ2) is 6.01. The molecule has 3 aromatic heterocycles. The Hall–Kier alpha value is -2.80. The van der Waals surface area contributed by atoms with Crippen molar-refractivity contribution >= 4 is 32.8 Å². The number of hydrogen-bond donors (Lipinski definition) is 1. The van der Waals surface area contributed by atoms with Gasteiger partial charge in [-0.3, -0.25) is 4.79 Å². The first kappa shape index (κ1) is 14.8. The zero-order chi connectivity index (χ0) is 16.5. The van der Waals surface area contributed by atoms with Crippen LogP contribution in [0.4, 0.5) is 0 Å². The lowest BCUT2D eigenvalue weighted by molar-refractivity contribution is 0.0921. The summed E-state index contributed by atoms with van der Waals surface area (Å²) in [4.78, 5) is 11.9. The first-order chi connectivity index (χ1) is 11.7. The lowest BCUT2D eigenvalue weighted by Crippen LogP contribution is -2.22. The van der Waals surface area contributed by atoms with E-state index in [0.29, 0.717) is 21.9 Å². The van der Waals surface area contributed by atoms with Gasteiger partial charge in [0.1, 0.15) is 11.3 Å². The molecule has 0 aliphatic rings. The number of amides is 1. The van der Waals surface area contributed by atoms with E-state index in [2.05, 4.69) is 26.4 Å². The third-order valence-electron chi connectivity index (χ3n) is 3.45. The van der Waals surface area contributed by atoms with E-state index in [9.17, 15) is 4.79 Å². The molecule has 6 nitrogen and oxygen atoms in total. The third-order valence-corrected chi connectivity index (χ3v) is 3.88. The van der Waals surface area contributed by atoms with Crippen LogP contribution < -0.4 is 5.32 Å². The number of carbonyl (C=O) groups is 1. The van der Waals surface area contributed by atoms with Crippen LogP contribution in [0.2, 0.25) is 0 Å². The summed E-state index contributed by atoms with van der Waals surface area (Å²) in [6, 6.07) is 14.6. The maximum atomic E-state index is 11.9. The monoisotopic (exact) mass is 386 g/mol. The van der Waals surface area contributed by atoms with Gasteiger partial charge in [0.05, 0.1) is 6.54 Å². The van der Waals surface area contributed by atoms with E-state index in [-0.39, 0.29) is 18.2 Å². The molecule has 0 fully saturated rings. The number of aromatic nitrogens is 1. The molecule has 120 valence electrons. The average Bonchev–Trinajstić information content (AvgIpc) is 3.31. The standard InChI is InChI=1S/C17H11BrN2O4/c18-16-6-5-13(23-16)17(21)19-9-11-8-15(24-20-11)14-7-10-3-1-2-4-12(10)22-14/h1-8H,9H2,(H,19,21). The molecule has 0 atom stereocenters. The molecular formula is C17H11BrN2O4. The van der Waals surface area contributed by atoms with Gasteiger partial charge in [0.25, 0.3) is 5.91 Å². The van der Waals surface area contributed by atoms with Gasteiger partial charge in [-0.05, 0) is 40.2 Å². The molecule has 1 aromatic carbocycles. The summed E-state index contributed by atoms with van der Waals surface area (Å²) in [6.45, 7) is 0.223. The van der Waals surface area contributed by atoms with Gasteiger partial charge in [-0.25, -0.2) is 0 Å². The van der Waals surface area contributed by atoms with E-state index >= 15 is 0 Å². The van der Waals surface area contributed by atoms with Crippen LogP contribution in [0.1, 0.15) is 16.2 Å². The summed E-state index contributed by atoms with van der Waals surface area (Å²) in [6.07, 6.45) is 0. The van der Waals surface area contributed by atoms with Gasteiger partial charge < -0.3 is 18.7 Å². The highest BCUT2D eigenvalue weighted by Crippen LogP contribution is 2.28. The minimum atomic E-state index is -0.325. The number of halogens is 1. The van der Waals surface area contributed by atoms with Gasteiger partial charge in [-0.2, -0.15) is 0 Å². The zero-order valence-corrected chi connectivity index (χ0v) is 13.9. The molecule has 24 heavy (non-hydrogen) atoms. The summed E-state index contributed by atoms with van der Waals surface area (Å²) >= 11 is 3.16. The highest BCUT2D eigenvalue weighted by atomic mass is 79.9. The fourth-order valence-electron chi connectivity index (χ4n) is 2.31. The molecule has 0 radical (unpaired) electrons. The lowest BCUT2D eigenvalue weighted by Gasteiger charge is -1.98. The third kappa shape index (κ3) is 2.85. The molecule has 0 saturated heterocycles. The van der Waals surface area contributed by atoms with E-state index in [0.717, 1.165) is 11.0 Å². The van der Waals surface area contributed by atoms with Gasteiger partial charge in [0.15, 0.2) is 16.2 Å². The Morgan fingerprint density at radius 1 is 1.08 bits per heavy atom. The second-order valence-electron chi connectivity index (χ2n) is 5.12. The molecule has 3 heterocycles. The van der Waals surface area contributed by atoms with Gasteiger partial charge in [0, 0.05) is 11.5 Å². The number of fused-ring (bicyclic) bond motifs is 1. The van der Waals surface area contributed by atoms with Crippen molar-refractivity contribution in [2.24, 2.45) is 0 Å². The number of furan rings is 2. The molecule has 4 rings (SSSR count). The Kier molecular flexibility index (Phi) is 3.70. The van der Waals surface area contributed by atoms with Crippen molar-refractivity contribution in [2.75, 3.05) is 0 Å². The van der Waals surface area contributed by atoms with Crippen molar-refractivity contribution in [1.29, 1.82) is 0 Å². The molecule has 0 aliphatic heterocycles. The largest absolute Gasteiger partial charge is 0.453 e. The van der Waals surface area contributed by atoms with Gasteiger partial charge in [-0.15, -0.1) is 0 Å². The van der Waals surface area contributed by atoms with Crippen LogP contribution >= 0.6 is 15.9 Å². The van der Waals surface area contributed by atoms with Crippen LogP contribution in [0.25, 0.3) is 22.5 Å². The van der Waals surface area contributed by atoms with Crippen LogP contribution in [0.3, 0.4) is 0 Å². The fraction of sp³-hybridized carbons (Fsp3) is 0.0588. The quantitative estimate of drug-likeness (QED) is 0.562. The molecule has 0 unspecified atom stereocenters. The van der Waals surface area contributed by atoms with E-state index in [4.69, 9.17) is 13.4 Å². The van der Waals surface area contributed by atoms with Crippen LogP contribution in [-0.2, 0) is 6.54 Å². The molecule has 0 bridgehead atoms. The first-order valence-corrected chi connectivity index (χ1v) is 7.96. The van der Waals surface area contributed by atoms with Crippen molar-refractivity contribution in [3.63, 3.8) is 0 Å². The molecule has 7 heteroatoms. The van der Waals surface area contributed by atoms with Crippen LogP contribution in [0, 0.1) is 0 Å². The SMILES string of the molecule is O=C(NCc1cc(-c2cc3ccccc3o2)on1)c1ccc(Br)o1. The Balaban J connectivity index is 1.47. The Morgan fingerprint density at radius 3 is 2.75 bits per heavy atom. The molecule has 0 spiro atoms. The van der Waals surface area contributed by atoms with Crippen LogP contribution in [0.15, 0.2) is 66.6 Å². The van der Waals surface area contributed by atoms with Crippen molar-refractivity contribution < 1.29 is 18.2 Å². The maximum absolute atomic E-state index is 11.9. The summed E-state index contributed by atoms with van der Waals surface area (Å²) in [5, 5.41) is 7.65. The van der Waals surface area contributed by atoms with Crippen molar-refractivity contribution in [3.8, 4) is 11.5 Å². The topological polar surface area (TPSA) is 81.4 Å². The van der Waals surface area contributed by atoms with Gasteiger partial charge in [-0.1, -0.05) is 23.4 Å². The zero-order valence-electron chi connectivity index (χ0n) is 12.3. The average molecular weight is 387 g/mol. The van der Waals surface area contributed by atoms with Gasteiger partial charge >= 0.3 is 0 Å². The van der Waals surface area contributed by atoms with E-state index in [1.54, 1.807) is 18.2 Å². The normalized spacial score (nSPS) is 11.0. The lowest BCUT2D eigenvalue weighted by atomic mass is 10.2. The van der Waals surface area contributed by atoms with E-state index in [1.165, 1.54) is 0 Å². The van der Waals surface area contributed by atoms with Crippen LogP contribution in [-0.4, -0.2) is 11.1 Å². The number of para-hydroxylation sites is 1. The Bertz CT molecular complexity index is 981. The molecular weight excluding hydrogens is 376 g/mol. The number of hydrogen-bond acceptors (Lipinski definition) is 5. The number of nitrogens with one attached hydrogen (secondary N) is 1. The molecule has 0 saturated carbocycles. The minimum Gasteiger partial charge on any atom is -0.453 e. The number of carbonyl (C=O) groups excluding carboxylic acids is 1. The highest BCUT2D eigenvalue weighted by Gasteiger charge is 2.14. The molecule has 4 aromatic rings. The molecule has 0 aliphatic carbocycles. The number of nitrogens with zero attached hydrogens (tertiary/aromatic N) is 1. The second-order valence-corrected chi connectivity index (χ2v) is 5.90. The number of rotatable bonds is 4. The predicted octanol–water partition coefficient (Wildman–Crippen LogP) is 4.37. The number of benzene rings is 1. The summed E-state index contributed by atoms with van der Waals surface area (Å²) in [7, 11) is 0. The van der Waals surface area contributed by atoms with Gasteiger partial charge in [0.2, 0.25) is 5.76 Å². The Morgan fingerprint density at radius 2 is 1.96 bits per heavy atom. The van der Waals surface area contributed by atoms with E-state index < -0.39 is 0 Å². The first-order valence-electron chi connectivity index (χ1n) is 7.17. The van der Waals surface area contributed by atoms with Crippen molar-refractivity contribution in [3.05, 3.63) is 64.7 Å². The minimum absolute atomic E-state index is 0.223. The van der Waals surface area contributed by atoms with Crippen molar-refractivity contribution in [2.45, 2.75) is 6.54 Å². The maximum Gasteiger partial charge on any atom is 0.287 e. The Labute approximate surface area is 144 Å².